The number of nitrogens with one attached hydrogen (secondary N) is 1. The maximum atomic E-state index is 12.5. The summed E-state index contributed by atoms with van der Waals surface area (Å²) in [5.41, 5.74) is 0.919. The fourth-order valence-corrected chi connectivity index (χ4v) is 7.03. The molecule has 25 heavy (non-hydrogen) atoms. The van der Waals surface area contributed by atoms with E-state index in [1.54, 1.807) is 12.1 Å². The van der Waals surface area contributed by atoms with Crippen LogP contribution in [0.15, 0.2) is 29.2 Å². The van der Waals surface area contributed by atoms with Crippen LogP contribution in [0.1, 0.15) is 62.2 Å². The summed E-state index contributed by atoms with van der Waals surface area (Å²) in [6.45, 7) is 2.00. The van der Waals surface area contributed by atoms with Gasteiger partial charge in [-0.2, -0.15) is 0 Å². The Kier molecular flexibility index (Phi) is 4.27. The SMILES string of the molecule is CC(=O)c1ccc(S(=O)(=O)NCCC23CC4CC(CC(C4)C2)C3)cc1. The first-order valence-electron chi connectivity index (χ1n) is 9.46. The fraction of sp³-hybridized carbons (Fsp3) is 0.650. The predicted molar refractivity (Wildman–Crippen MR) is 96.9 cm³/mol. The molecular weight excluding hydrogens is 334 g/mol. The third-order valence-electron chi connectivity index (χ3n) is 6.68. The fourth-order valence-electron chi connectivity index (χ4n) is 6.00. The van der Waals surface area contributed by atoms with E-state index in [0.717, 1.165) is 24.2 Å². The van der Waals surface area contributed by atoms with Crippen molar-refractivity contribution in [3.05, 3.63) is 29.8 Å². The summed E-state index contributed by atoms with van der Waals surface area (Å²) in [7, 11) is -3.50. The highest BCUT2D eigenvalue weighted by Gasteiger charge is 2.50. The van der Waals surface area contributed by atoms with Crippen molar-refractivity contribution in [3.63, 3.8) is 0 Å². The first kappa shape index (κ1) is 17.2. The summed E-state index contributed by atoms with van der Waals surface area (Å²) < 4.78 is 27.8. The van der Waals surface area contributed by atoms with Gasteiger partial charge in [-0.15, -0.1) is 0 Å². The minimum absolute atomic E-state index is 0.0567. The molecule has 1 aromatic carbocycles. The van der Waals surface area contributed by atoms with Crippen LogP contribution in [-0.4, -0.2) is 20.7 Å². The van der Waals surface area contributed by atoms with Crippen LogP contribution in [0.2, 0.25) is 0 Å². The van der Waals surface area contributed by atoms with Crippen molar-refractivity contribution in [2.75, 3.05) is 6.54 Å². The van der Waals surface area contributed by atoms with Gasteiger partial charge in [0.1, 0.15) is 0 Å². The van der Waals surface area contributed by atoms with Crippen LogP contribution in [0.5, 0.6) is 0 Å². The normalized spacial score (nSPS) is 33.6. The zero-order valence-electron chi connectivity index (χ0n) is 14.8. The third-order valence-corrected chi connectivity index (χ3v) is 8.16. The number of carbonyl (C=O) groups is 1. The molecule has 4 aliphatic rings. The van der Waals surface area contributed by atoms with E-state index in [9.17, 15) is 13.2 Å². The lowest BCUT2D eigenvalue weighted by atomic mass is 9.49. The standard InChI is InChI=1S/C20H27NO3S/c1-14(22)18-2-4-19(5-3-18)25(23,24)21-7-6-20-11-15-8-16(12-20)10-17(9-15)13-20/h2-5,15-17,21H,6-13H2,1H3. The molecule has 0 unspecified atom stereocenters. The molecule has 1 N–H and O–H groups in total. The van der Waals surface area contributed by atoms with Gasteiger partial charge in [-0.1, -0.05) is 12.1 Å². The number of rotatable bonds is 6. The van der Waals surface area contributed by atoms with E-state index in [1.807, 2.05) is 0 Å². The van der Waals surface area contributed by atoms with Crippen LogP contribution in [0.4, 0.5) is 0 Å². The zero-order valence-corrected chi connectivity index (χ0v) is 15.6. The van der Waals surface area contributed by atoms with Gasteiger partial charge in [-0.3, -0.25) is 4.79 Å². The van der Waals surface area contributed by atoms with Gasteiger partial charge in [-0.05, 0) is 87.2 Å². The Hall–Kier alpha value is -1.20. The summed E-state index contributed by atoms with van der Waals surface area (Å²) in [5, 5.41) is 0. The Bertz CT molecular complexity index is 731. The van der Waals surface area contributed by atoms with Crippen molar-refractivity contribution in [2.45, 2.75) is 56.8 Å². The molecule has 5 rings (SSSR count). The summed E-state index contributed by atoms with van der Waals surface area (Å²) in [5.74, 6) is 2.62. The monoisotopic (exact) mass is 361 g/mol. The first-order chi connectivity index (χ1) is 11.9. The van der Waals surface area contributed by atoms with E-state index in [-0.39, 0.29) is 10.7 Å². The second-order valence-electron chi connectivity index (χ2n) is 8.65. The van der Waals surface area contributed by atoms with Gasteiger partial charge in [0.25, 0.3) is 0 Å². The molecule has 4 aliphatic carbocycles. The molecule has 0 radical (unpaired) electrons. The Morgan fingerprint density at radius 1 is 1.04 bits per heavy atom. The van der Waals surface area contributed by atoms with Gasteiger partial charge in [-0.25, -0.2) is 13.1 Å². The Morgan fingerprint density at radius 3 is 2.04 bits per heavy atom. The summed E-state index contributed by atoms with van der Waals surface area (Å²) >= 11 is 0. The number of ketones is 1. The molecular formula is C20H27NO3S. The van der Waals surface area contributed by atoms with Gasteiger partial charge >= 0.3 is 0 Å². The Balaban J connectivity index is 1.38. The van der Waals surface area contributed by atoms with Crippen molar-refractivity contribution >= 4 is 15.8 Å². The zero-order chi connectivity index (χ0) is 17.7. The topological polar surface area (TPSA) is 63.2 Å². The van der Waals surface area contributed by atoms with E-state index < -0.39 is 10.0 Å². The molecule has 0 saturated heterocycles. The minimum atomic E-state index is -3.50. The van der Waals surface area contributed by atoms with Crippen molar-refractivity contribution in [1.29, 1.82) is 0 Å². The molecule has 0 amide bonds. The molecule has 1 aromatic rings. The van der Waals surface area contributed by atoms with Crippen molar-refractivity contribution in [2.24, 2.45) is 23.2 Å². The first-order valence-corrected chi connectivity index (χ1v) is 10.9. The van der Waals surface area contributed by atoms with Gasteiger partial charge in [0.2, 0.25) is 10.0 Å². The average Bonchev–Trinajstić information content (AvgIpc) is 2.53. The highest BCUT2D eigenvalue weighted by Crippen LogP contribution is 2.61. The van der Waals surface area contributed by atoms with E-state index >= 15 is 0 Å². The Morgan fingerprint density at radius 2 is 1.56 bits per heavy atom. The number of benzene rings is 1. The summed E-state index contributed by atoms with van der Waals surface area (Å²) in [6.07, 6.45) is 9.09. The summed E-state index contributed by atoms with van der Waals surface area (Å²) in [6, 6.07) is 6.19. The molecule has 0 spiro atoms. The van der Waals surface area contributed by atoms with E-state index in [0.29, 0.717) is 17.5 Å². The summed E-state index contributed by atoms with van der Waals surface area (Å²) in [4.78, 5) is 11.6. The van der Waals surface area contributed by atoms with Crippen molar-refractivity contribution in [3.8, 4) is 0 Å². The van der Waals surface area contributed by atoms with E-state index in [2.05, 4.69) is 4.72 Å². The second kappa shape index (κ2) is 6.20. The highest BCUT2D eigenvalue weighted by atomic mass is 32.2. The smallest absolute Gasteiger partial charge is 0.240 e. The van der Waals surface area contributed by atoms with Gasteiger partial charge in [0, 0.05) is 12.1 Å². The van der Waals surface area contributed by atoms with E-state index in [1.165, 1.54) is 57.6 Å². The third kappa shape index (κ3) is 3.41. The number of Topliss-reactive ketones (excluding diaryl/α,β-unsaturated/α-hetero) is 1. The molecule has 4 fully saturated rings. The second-order valence-corrected chi connectivity index (χ2v) is 10.4. The highest BCUT2D eigenvalue weighted by molar-refractivity contribution is 7.89. The molecule has 0 aromatic heterocycles. The maximum absolute atomic E-state index is 12.5. The molecule has 4 bridgehead atoms. The molecule has 5 heteroatoms. The quantitative estimate of drug-likeness (QED) is 0.785. The van der Waals surface area contributed by atoms with Gasteiger partial charge in [0.15, 0.2) is 5.78 Å². The van der Waals surface area contributed by atoms with Crippen molar-refractivity contribution in [1.82, 2.24) is 4.72 Å². The lowest BCUT2D eigenvalue weighted by Crippen LogP contribution is -2.47. The number of carbonyl (C=O) groups excluding carboxylic acids is 1. The van der Waals surface area contributed by atoms with Crippen LogP contribution in [0.3, 0.4) is 0 Å². The number of sulfonamides is 1. The Labute approximate surface area is 150 Å². The van der Waals surface area contributed by atoms with Crippen LogP contribution in [0, 0.1) is 23.2 Å². The molecule has 136 valence electrons. The van der Waals surface area contributed by atoms with Gasteiger partial charge in [0.05, 0.1) is 4.90 Å². The predicted octanol–water partition coefficient (Wildman–Crippen LogP) is 3.77. The molecule has 0 heterocycles. The van der Waals surface area contributed by atoms with Gasteiger partial charge < -0.3 is 0 Å². The minimum Gasteiger partial charge on any atom is -0.295 e. The number of hydrogen-bond donors (Lipinski definition) is 1. The lowest BCUT2D eigenvalue weighted by Gasteiger charge is -2.57. The average molecular weight is 362 g/mol. The molecule has 4 nitrogen and oxygen atoms in total. The van der Waals surface area contributed by atoms with Crippen LogP contribution < -0.4 is 4.72 Å². The largest absolute Gasteiger partial charge is 0.295 e. The molecule has 0 aliphatic heterocycles. The van der Waals surface area contributed by atoms with Crippen LogP contribution in [-0.2, 0) is 10.0 Å². The van der Waals surface area contributed by atoms with Crippen molar-refractivity contribution < 1.29 is 13.2 Å². The molecule has 4 saturated carbocycles. The maximum Gasteiger partial charge on any atom is 0.240 e. The van der Waals surface area contributed by atoms with Crippen LogP contribution >= 0.6 is 0 Å². The van der Waals surface area contributed by atoms with Crippen LogP contribution in [0.25, 0.3) is 0 Å². The lowest BCUT2D eigenvalue weighted by molar-refractivity contribution is -0.0561. The van der Waals surface area contributed by atoms with E-state index in [4.69, 9.17) is 0 Å². The molecule has 0 atom stereocenters. The number of hydrogen-bond acceptors (Lipinski definition) is 3.